The summed E-state index contributed by atoms with van der Waals surface area (Å²) in [6.45, 7) is 5.12. The third kappa shape index (κ3) is 2.47. The van der Waals surface area contributed by atoms with Crippen LogP contribution < -0.4 is 5.32 Å². The number of aliphatic hydroxyl groups is 1. The molecule has 0 spiro atoms. The van der Waals surface area contributed by atoms with E-state index in [1.165, 1.54) is 12.8 Å². The summed E-state index contributed by atoms with van der Waals surface area (Å²) in [7, 11) is 0. The smallest absolute Gasteiger partial charge is 0.134 e. The first-order valence-corrected chi connectivity index (χ1v) is 6.18. The van der Waals surface area contributed by atoms with E-state index < -0.39 is 6.10 Å². The van der Waals surface area contributed by atoms with Gasteiger partial charge in [0.05, 0.1) is 0 Å². The Labute approximate surface area is 96.8 Å². The second-order valence-corrected chi connectivity index (χ2v) is 4.75. The number of furan rings is 1. The predicted molar refractivity (Wildman–Crippen MR) is 63.2 cm³/mol. The highest BCUT2D eigenvalue weighted by Crippen LogP contribution is 2.28. The number of rotatable bonds is 3. The minimum atomic E-state index is -0.511. The third-order valence-electron chi connectivity index (χ3n) is 3.56. The van der Waals surface area contributed by atoms with Gasteiger partial charge in [-0.15, -0.1) is 0 Å². The molecule has 1 saturated heterocycles. The van der Waals surface area contributed by atoms with Crippen LogP contribution in [0.1, 0.15) is 43.8 Å². The van der Waals surface area contributed by atoms with Crippen molar-refractivity contribution >= 4 is 0 Å². The van der Waals surface area contributed by atoms with Crippen LogP contribution in [-0.4, -0.2) is 17.7 Å². The fourth-order valence-electron chi connectivity index (χ4n) is 2.46. The zero-order valence-corrected chi connectivity index (χ0v) is 10.1. The minimum Gasteiger partial charge on any atom is -0.464 e. The zero-order chi connectivity index (χ0) is 11.5. The summed E-state index contributed by atoms with van der Waals surface area (Å²) in [5.74, 6) is 2.28. The predicted octanol–water partition coefficient (Wildman–Crippen LogP) is 2.40. The van der Waals surface area contributed by atoms with Gasteiger partial charge >= 0.3 is 0 Å². The number of nitrogens with one attached hydrogen (secondary N) is 1. The molecule has 0 aliphatic carbocycles. The molecule has 16 heavy (non-hydrogen) atoms. The van der Waals surface area contributed by atoms with Crippen molar-refractivity contribution in [2.75, 3.05) is 6.54 Å². The summed E-state index contributed by atoms with van der Waals surface area (Å²) < 4.78 is 5.48. The fraction of sp³-hybridized carbons (Fsp3) is 0.692. The van der Waals surface area contributed by atoms with Crippen LogP contribution in [-0.2, 0) is 0 Å². The molecule has 0 radical (unpaired) electrons. The lowest BCUT2D eigenvalue weighted by atomic mass is 9.87. The van der Waals surface area contributed by atoms with Gasteiger partial charge in [-0.25, -0.2) is 0 Å². The molecule has 1 aromatic rings. The van der Waals surface area contributed by atoms with Gasteiger partial charge in [-0.3, -0.25) is 0 Å². The molecule has 90 valence electrons. The van der Waals surface area contributed by atoms with E-state index in [2.05, 4.69) is 12.2 Å². The maximum absolute atomic E-state index is 10.2. The van der Waals surface area contributed by atoms with Crippen molar-refractivity contribution in [3.63, 3.8) is 0 Å². The number of hydrogen-bond donors (Lipinski definition) is 2. The summed E-state index contributed by atoms with van der Waals surface area (Å²) in [5, 5.41) is 13.6. The van der Waals surface area contributed by atoms with Crippen LogP contribution in [0.5, 0.6) is 0 Å². The molecular weight excluding hydrogens is 202 g/mol. The number of aliphatic hydroxyl groups excluding tert-OH is 1. The molecule has 1 fully saturated rings. The van der Waals surface area contributed by atoms with Crippen LogP contribution in [0.2, 0.25) is 0 Å². The molecule has 3 atom stereocenters. The lowest BCUT2D eigenvalue weighted by Crippen LogP contribution is -2.41. The molecule has 3 nitrogen and oxygen atoms in total. The van der Waals surface area contributed by atoms with Gasteiger partial charge in [-0.2, -0.15) is 0 Å². The maximum Gasteiger partial charge on any atom is 0.134 e. The van der Waals surface area contributed by atoms with Crippen LogP contribution in [0.3, 0.4) is 0 Å². The molecule has 2 rings (SSSR count). The number of aryl methyl sites for hydroxylation is 1. The van der Waals surface area contributed by atoms with Crippen molar-refractivity contribution in [1.82, 2.24) is 5.32 Å². The van der Waals surface area contributed by atoms with Crippen molar-refractivity contribution in [1.29, 1.82) is 0 Å². The van der Waals surface area contributed by atoms with Crippen molar-refractivity contribution in [2.45, 2.75) is 45.3 Å². The van der Waals surface area contributed by atoms with E-state index in [1.807, 2.05) is 19.1 Å². The standard InChI is InChI=1S/C13H21NO2/c1-3-10-6-7-14-11(8-10)13(15)12-5-4-9(2)16-12/h4-5,10-11,13-15H,3,6-8H2,1-2H3. The molecular formula is C13H21NO2. The molecule has 0 amide bonds. The van der Waals surface area contributed by atoms with Gasteiger partial charge in [-0.1, -0.05) is 13.3 Å². The summed E-state index contributed by atoms with van der Waals surface area (Å²) in [4.78, 5) is 0. The van der Waals surface area contributed by atoms with E-state index >= 15 is 0 Å². The van der Waals surface area contributed by atoms with E-state index in [4.69, 9.17) is 4.42 Å². The van der Waals surface area contributed by atoms with Crippen LogP contribution >= 0.6 is 0 Å². The Kier molecular flexibility index (Phi) is 3.66. The monoisotopic (exact) mass is 223 g/mol. The van der Waals surface area contributed by atoms with Gasteiger partial charge in [0.15, 0.2) is 0 Å². The number of piperidine rings is 1. The molecule has 1 aliphatic heterocycles. The SMILES string of the molecule is CCC1CCNC(C(O)c2ccc(C)o2)C1. The van der Waals surface area contributed by atoms with Crippen LogP contribution in [0.15, 0.2) is 16.5 Å². The lowest BCUT2D eigenvalue weighted by molar-refractivity contribution is 0.0784. The Bertz CT molecular complexity index is 334. The quantitative estimate of drug-likeness (QED) is 0.827. The molecule has 2 heterocycles. The maximum atomic E-state index is 10.2. The Morgan fingerprint density at radius 3 is 3.00 bits per heavy atom. The van der Waals surface area contributed by atoms with Gasteiger partial charge in [-0.05, 0) is 44.4 Å². The molecule has 0 saturated carbocycles. The average Bonchev–Trinajstić information content (AvgIpc) is 2.75. The lowest BCUT2D eigenvalue weighted by Gasteiger charge is -2.32. The van der Waals surface area contributed by atoms with Gasteiger partial charge in [0.1, 0.15) is 17.6 Å². The summed E-state index contributed by atoms with van der Waals surface area (Å²) >= 11 is 0. The van der Waals surface area contributed by atoms with E-state index in [0.29, 0.717) is 5.76 Å². The van der Waals surface area contributed by atoms with Crippen LogP contribution in [0, 0.1) is 12.8 Å². The first-order chi connectivity index (χ1) is 7.70. The third-order valence-corrected chi connectivity index (χ3v) is 3.56. The van der Waals surface area contributed by atoms with E-state index in [1.54, 1.807) is 0 Å². The molecule has 3 heteroatoms. The van der Waals surface area contributed by atoms with Crippen molar-refractivity contribution in [2.24, 2.45) is 5.92 Å². The first kappa shape index (κ1) is 11.7. The van der Waals surface area contributed by atoms with Gasteiger partial charge in [0.25, 0.3) is 0 Å². The van der Waals surface area contributed by atoms with Gasteiger partial charge < -0.3 is 14.8 Å². The second kappa shape index (κ2) is 5.02. The molecule has 0 aromatic carbocycles. The summed E-state index contributed by atoms with van der Waals surface area (Å²) in [6, 6.07) is 3.92. The summed E-state index contributed by atoms with van der Waals surface area (Å²) in [6.07, 6.45) is 2.94. The number of hydrogen-bond acceptors (Lipinski definition) is 3. The molecule has 1 aromatic heterocycles. The highest BCUT2D eigenvalue weighted by Gasteiger charge is 2.28. The first-order valence-electron chi connectivity index (χ1n) is 6.18. The van der Waals surface area contributed by atoms with Crippen LogP contribution in [0.25, 0.3) is 0 Å². The second-order valence-electron chi connectivity index (χ2n) is 4.75. The Balaban J connectivity index is 2.01. The van der Waals surface area contributed by atoms with Crippen LogP contribution in [0.4, 0.5) is 0 Å². The average molecular weight is 223 g/mol. The fourth-order valence-corrected chi connectivity index (χ4v) is 2.46. The van der Waals surface area contributed by atoms with Crippen molar-refractivity contribution < 1.29 is 9.52 Å². The Morgan fingerprint density at radius 1 is 1.56 bits per heavy atom. The molecule has 1 aliphatic rings. The molecule has 0 bridgehead atoms. The van der Waals surface area contributed by atoms with E-state index in [9.17, 15) is 5.11 Å². The summed E-state index contributed by atoms with van der Waals surface area (Å²) in [5.41, 5.74) is 0. The normalized spacial score (nSPS) is 27.9. The van der Waals surface area contributed by atoms with Gasteiger partial charge in [0.2, 0.25) is 0 Å². The topological polar surface area (TPSA) is 45.4 Å². The largest absolute Gasteiger partial charge is 0.464 e. The highest BCUT2D eigenvalue weighted by atomic mass is 16.4. The van der Waals surface area contributed by atoms with Gasteiger partial charge in [0, 0.05) is 6.04 Å². The Morgan fingerprint density at radius 2 is 2.38 bits per heavy atom. The highest BCUT2D eigenvalue weighted by molar-refractivity contribution is 5.10. The van der Waals surface area contributed by atoms with Crippen molar-refractivity contribution in [3.05, 3.63) is 23.7 Å². The molecule has 2 N–H and O–H groups in total. The zero-order valence-electron chi connectivity index (χ0n) is 10.1. The van der Waals surface area contributed by atoms with E-state index in [0.717, 1.165) is 24.6 Å². The Hall–Kier alpha value is -0.800. The van der Waals surface area contributed by atoms with E-state index in [-0.39, 0.29) is 6.04 Å². The minimum absolute atomic E-state index is 0.143. The van der Waals surface area contributed by atoms with Crippen molar-refractivity contribution in [3.8, 4) is 0 Å². The molecule has 3 unspecified atom stereocenters.